The predicted octanol–water partition coefficient (Wildman–Crippen LogP) is 1.67. The number of hydrogen-bond donors (Lipinski definition) is 2. The molecule has 0 aliphatic carbocycles. The normalized spacial score (nSPS) is 10.9. The molecule has 2 amide bonds. The molecule has 0 atom stereocenters. The average Bonchev–Trinajstić information content (AvgIpc) is 2.61. The molecule has 2 N–H and O–H groups in total. The van der Waals surface area contributed by atoms with E-state index in [2.05, 4.69) is 10.6 Å². The maximum absolute atomic E-state index is 12.1. The third kappa shape index (κ3) is 7.10. The first-order valence-corrected chi connectivity index (χ1v) is 10.1. The number of aryl methyl sites for hydroxylation is 1. The van der Waals surface area contributed by atoms with Crippen LogP contribution in [0.1, 0.15) is 11.1 Å². The lowest BCUT2D eigenvalue weighted by Gasteiger charge is -2.08. The quantitative estimate of drug-likeness (QED) is 0.714. The van der Waals surface area contributed by atoms with Gasteiger partial charge in [-0.3, -0.25) is 9.59 Å². The van der Waals surface area contributed by atoms with Crippen LogP contribution < -0.4 is 15.4 Å². The van der Waals surface area contributed by atoms with Gasteiger partial charge in [-0.05, 0) is 36.8 Å². The average molecular weight is 390 g/mol. The molecule has 144 valence electrons. The zero-order chi connectivity index (χ0) is 19.9. The molecule has 2 rings (SSSR count). The van der Waals surface area contributed by atoms with Gasteiger partial charge in [0.1, 0.15) is 17.3 Å². The Labute approximate surface area is 158 Å². The summed E-state index contributed by atoms with van der Waals surface area (Å²) >= 11 is 0. The molecule has 2 aromatic carbocycles. The second-order valence-corrected chi connectivity index (χ2v) is 8.14. The number of methoxy groups -OCH3 is 1. The van der Waals surface area contributed by atoms with E-state index >= 15 is 0 Å². The molecule has 0 aliphatic rings. The van der Waals surface area contributed by atoms with Gasteiger partial charge in [-0.1, -0.05) is 29.8 Å². The number of ether oxygens (including phenoxy) is 1. The summed E-state index contributed by atoms with van der Waals surface area (Å²) in [6, 6.07) is 14.0. The second-order valence-electron chi connectivity index (χ2n) is 6.07. The summed E-state index contributed by atoms with van der Waals surface area (Å²) in [6.45, 7) is 2.09. The summed E-state index contributed by atoms with van der Waals surface area (Å²) in [7, 11) is -2.32. The van der Waals surface area contributed by atoms with Crippen LogP contribution >= 0.6 is 0 Å². The van der Waals surface area contributed by atoms with Crippen molar-refractivity contribution in [1.29, 1.82) is 0 Å². The van der Waals surface area contributed by atoms with Crippen LogP contribution in [-0.2, 0) is 26.0 Å². The van der Waals surface area contributed by atoms with Crippen molar-refractivity contribution >= 4 is 27.3 Å². The molecular weight excluding hydrogens is 368 g/mol. The second kappa shape index (κ2) is 9.18. The molecule has 0 saturated heterocycles. The monoisotopic (exact) mass is 390 g/mol. The maximum atomic E-state index is 12.1. The first kappa shape index (κ1) is 20.4. The van der Waals surface area contributed by atoms with Crippen LogP contribution in [-0.4, -0.2) is 38.8 Å². The highest BCUT2D eigenvalue weighted by Crippen LogP contribution is 2.11. The van der Waals surface area contributed by atoms with Crippen molar-refractivity contribution < 1.29 is 22.7 Å². The number of carbonyl (C=O) groups is 2. The van der Waals surface area contributed by atoms with Crippen molar-refractivity contribution in [3.8, 4) is 5.75 Å². The minimum atomic E-state index is -3.87. The van der Waals surface area contributed by atoms with E-state index in [1.54, 1.807) is 55.6 Å². The van der Waals surface area contributed by atoms with Gasteiger partial charge >= 0.3 is 0 Å². The third-order valence-corrected chi connectivity index (χ3v) is 5.09. The van der Waals surface area contributed by atoms with Crippen molar-refractivity contribution in [2.24, 2.45) is 0 Å². The van der Waals surface area contributed by atoms with Crippen LogP contribution in [0.3, 0.4) is 0 Å². The largest absolute Gasteiger partial charge is 0.497 e. The van der Waals surface area contributed by atoms with E-state index < -0.39 is 33.2 Å². The van der Waals surface area contributed by atoms with Gasteiger partial charge in [-0.15, -0.1) is 0 Å². The number of amides is 2. The smallest absolute Gasteiger partial charge is 0.239 e. The molecule has 2 aromatic rings. The lowest BCUT2D eigenvalue weighted by molar-refractivity contribution is -0.118. The molecule has 0 heterocycles. The molecule has 0 radical (unpaired) electrons. The zero-order valence-electron chi connectivity index (χ0n) is 15.2. The topological polar surface area (TPSA) is 102 Å². The lowest BCUT2D eigenvalue weighted by Crippen LogP contribution is -2.33. The molecule has 0 spiro atoms. The first-order valence-electron chi connectivity index (χ1n) is 8.24. The molecular formula is C19H22N2O5S. The summed E-state index contributed by atoms with van der Waals surface area (Å²) in [5, 5.41) is 5.04. The Kier molecular flexibility index (Phi) is 6.95. The van der Waals surface area contributed by atoms with Crippen molar-refractivity contribution in [3.63, 3.8) is 0 Å². The van der Waals surface area contributed by atoms with Gasteiger partial charge in [-0.25, -0.2) is 8.42 Å². The van der Waals surface area contributed by atoms with Gasteiger partial charge < -0.3 is 15.4 Å². The highest BCUT2D eigenvalue weighted by Gasteiger charge is 2.20. The Hall–Kier alpha value is -2.87. The number of benzene rings is 2. The Balaban J connectivity index is 1.82. The number of rotatable bonds is 8. The fraction of sp³-hybridized carbons (Fsp3) is 0.263. The molecule has 0 bridgehead atoms. The molecule has 0 aromatic heterocycles. The fourth-order valence-corrected chi connectivity index (χ4v) is 3.35. The zero-order valence-corrected chi connectivity index (χ0v) is 16.0. The van der Waals surface area contributed by atoms with Gasteiger partial charge in [0.25, 0.3) is 0 Å². The van der Waals surface area contributed by atoms with Gasteiger partial charge in [0.15, 0.2) is 9.84 Å². The van der Waals surface area contributed by atoms with Gasteiger partial charge in [0, 0.05) is 12.2 Å². The lowest BCUT2D eigenvalue weighted by atomic mass is 10.2. The Morgan fingerprint density at radius 2 is 1.52 bits per heavy atom. The molecule has 0 unspecified atom stereocenters. The molecule has 8 heteroatoms. The maximum Gasteiger partial charge on any atom is 0.239 e. The molecule has 7 nitrogen and oxygen atoms in total. The minimum Gasteiger partial charge on any atom is -0.497 e. The third-order valence-electron chi connectivity index (χ3n) is 3.69. The van der Waals surface area contributed by atoms with E-state index in [0.717, 1.165) is 11.1 Å². The summed E-state index contributed by atoms with van der Waals surface area (Å²) in [5.74, 6) is -2.15. The highest BCUT2D eigenvalue weighted by molar-refractivity contribution is 7.92. The Morgan fingerprint density at radius 3 is 2.11 bits per heavy atom. The number of hydrogen-bond acceptors (Lipinski definition) is 5. The SMILES string of the molecule is COc1ccc(CNC(=O)CS(=O)(=O)CC(=O)Nc2ccc(C)cc2)cc1. The van der Waals surface area contributed by atoms with E-state index in [0.29, 0.717) is 11.4 Å². The van der Waals surface area contributed by atoms with E-state index in [9.17, 15) is 18.0 Å². The molecule has 27 heavy (non-hydrogen) atoms. The fourth-order valence-electron chi connectivity index (χ4n) is 2.28. The highest BCUT2D eigenvalue weighted by atomic mass is 32.2. The van der Waals surface area contributed by atoms with Crippen molar-refractivity contribution in [3.05, 3.63) is 59.7 Å². The van der Waals surface area contributed by atoms with Crippen molar-refractivity contribution in [1.82, 2.24) is 5.32 Å². The van der Waals surface area contributed by atoms with Crippen LogP contribution in [0.2, 0.25) is 0 Å². The Bertz CT molecular complexity index is 891. The first-order chi connectivity index (χ1) is 12.8. The molecule has 0 fully saturated rings. The van der Waals surface area contributed by atoms with Crippen LogP contribution in [0.25, 0.3) is 0 Å². The van der Waals surface area contributed by atoms with E-state index in [-0.39, 0.29) is 6.54 Å². The predicted molar refractivity (Wildman–Crippen MR) is 103 cm³/mol. The summed E-state index contributed by atoms with van der Waals surface area (Å²) < 4.78 is 29.1. The van der Waals surface area contributed by atoms with Crippen LogP contribution in [0.5, 0.6) is 5.75 Å². The van der Waals surface area contributed by atoms with Gasteiger partial charge in [-0.2, -0.15) is 0 Å². The van der Waals surface area contributed by atoms with Crippen molar-refractivity contribution in [2.45, 2.75) is 13.5 Å². The standard InChI is InChI=1S/C19H22N2O5S/c1-14-3-7-16(8-4-14)21-19(23)13-27(24,25)12-18(22)20-11-15-5-9-17(26-2)10-6-15/h3-10H,11-13H2,1-2H3,(H,20,22)(H,21,23). The number of carbonyl (C=O) groups excluding carboxylic acids is 2. The van der Waals surface area contributed by atoms with E-state index in [4.69, 9.17) is 4.74 Å². The molecule has 0 aliphatic heterocycles. The summed E-state index contributed by atoms with van der Waals surface area (Å²) in [5.41, 5.74) is 2.33. The summed E-state index contributed by atoms with van der Waals surface area (Å²) in [4.78, 5) is 23.8. The van der Waals surface area contributed by atoms with Crippen molar-refractivity contribution in [2.75, 3.05) is 23.9 Å². The molecule has 0 saturated carbocycles. The minimum absolute atomic E-state index is 0.188. The van der Waals surface area contributed by atoms with Crippen LogP contribution in [0.15, 0.2) is 48.5 Å². The van der Waals surface area contributed by atoms with E-state index in [1.807, 2.05) is 6.92 Å². The number of nitrogens with one attached hydrogen (secondary N) is 2. The van der Waals surface area contributed by atoms with E-state index in [1.165, 1.54) is 0 Å². The van der Waals surface area contributed by atoms with Crippen LogP contribution in [0, 0.1) is 6.92 Å². The van der Waals surface area contributed by atoms with Gasteiger partial charge in [0.05, 0.1) is 7.11 Å². The number of anilines is 1. The summed E-state index contributed by atoms with van der Waals surface area (Å²) in [6.07, 6.45) is 0. The van der Waals surface area contributed by atoms with Crippen LogP contribution in [0.4, 0.5) is 5.69 Å². The Morgan fingerprint density at radius 1 is 0.926 bits per heavy atom. The number of sulfone groups is 1. The van der Waals surface area contributed by atoms with Gasteiger partial charge in [0.2, 0.25) is 11.8 Å².